The van der Waals surface area contributed by atoms with Crippen molar-refractivity contribution in [3.05, 3.63) is 46.8 Å². The van der Waals surface area contributed by atoms with Gasteiger partial charge in [-0.3, -0.25) is 9.98 Å². The molecule has 0 fully saturated rings. The number of fused-ring (bicyclic) bond motifs is 1. The SMILES string of the molecule is Cc1ncc(CO)c(C=N[C@H](C)c2ccc3c(c2)OCCO3)c1O. The molecule has 0 spiro atoms. The first-order chi connectivity index (χ1) is 11.6. The fourth-order valence-corrected chi connectivity index (χ4v) is 2.51. The highest BCUT2D eigenvalue weighted by atomic mass is 16.6. The number of ether oxygens (including phenoxy) is 2. The first-order valence-electron chi connectivity index (χ1n) is 7.81. The van der Waals surface area contributed by atoms with E-state index in [0.29, 0.717) is 30.0 Å². The summed E-state index contributed by atoms with van der Waals surface area (Å²) in [7, 11) is 0. The van der Waals surface area contributed by atoms with Gasteiger partial charge in [0.1, 0.15) is 19.0 Å². The van der Waals surface area contributed by atoms with E-state index in [1.54, 1.807) is 19.3 Å². The number of aryl methyl sites for hydroxylation is 1. The Balaban J connectivity index is 1.86. The quantitative estimate of drug-likeness (QED) is 0.843. The van der Waals surface area contributed by atoms with Crippen LogP contribution in [0.3, 0.4) is 0 Å². The van der Waals surface area contributed by atoms with Gasteiger partial charge in [0, 0.05) is 23.5 Å². The smallest absolute Gasteiger partial charge is 0.161 e. The van der Waals surface area contributed by atoms with Crippen molar-refractivity contribution in [3.63, 3.8) is 0 Å². The summed E-state index contributed by atoms with van der Waals surface area (Å²) < 4.78 is 11.1. The highest BCUT2D eigenvalue weighted by molar-refractivity contribution is 5.85. The number of aliphatic hydroxyl groups is 1. The van der Waals surface area contributed by atoms with Crippen LogP contribution in [0.1, 0.15) is 35.3 Å². The zero-order valence-corrected chi connectivity index (χ0v) is 13.7. The molecule has 126 valence electrons. The van der Waals surface area contributed by atoms with Crippen molar-refractivity contribution in [2.45, 2.75) is 26.5 Å². The Bertz CT molecular complexity index is 774. The summed E-state index contributed by atoms with van der Waals surface area (Å²) in [6.07, 6.45) is 3.13. The number of benzene rings is 1. The maximum Gasteiger partial charge on any atom is 0.161 e. The van der Waals surface area contributed by atoms with Crippen molar-refractivity contribution in [3.8, 4) is 17.2 Å². The molecule has 0 amide bonds. The van der Waals surface area contributed by atoms with E-state index in [0.717, 1.165) is 17.1 Å². The summed E-state index contributed by atoms with van der Waals surface area (Å²) in [5.74, 6) is 1.50. The monoisotopic (exact) mass is 328 g/mol. The average Bonchev–Trinajstić information content (AvgIpc) is 2.62. The molecular formula is C18H20N2O4. The second-order valence-corrected chi connectivity index (χ2v) is 5.65. The summed E-state index contributed by atoms with van der Waals surface area (Å²) in [6, 6.07) is 5.60. The standard InChI is InChI=1S/C18H20N2O4/c1-11(13-3-4-16-17(7-13)24-6-5-23-16)20-9-15-14(10-21)8-19-12(2)18(15)22/h3-4,7-9,11,21-22H,5-6,10H2,1-2H3/t11-/m1/s1. The molecule has 1 aliphatic rings. The van der Waals surface area contributed by atoms with E-state index in [9.17, 15) is 10.2 Å². The molecule has 2 aromatic rings. The number of hydrogen-bond donors (Lipinski definition) is 2. The van der Waals surface area contributed by atoms with Crippen LogP contribution in [0.15, 0.2) is 29.4 Å². The fraction of sp³-hybridized carbons (Fsp3) is 0.333. The molecule has 1 aromatic heterocycles. The van der Waals surface area contributed by atoms with Gasteiger partial charge in [0.25, 0.3) is 0 Å². The molecule has 1 atom stereocenters. The van der Waals surface area contributed by atoms with Crippen LogP contribution in [-0.4, -0.2) is 34.6 Å². The van der Waals surface area contributed by atoms with Crippen LogP contribution in [0.2, 0.25) is 0 Å². The molecule has 0 unspecified atom stereocenters. The van der Waals surface area contributed by atoms with E-state index in [-0.39, 0.29) is 18.4 Å². The Morgan fingerprint density at radius 3 is 2.79 bits per heavy atom. The van der Waals surface area contributed by atoms with Gasteiger partial charge in [0.05, 0.1) is 18.3 Å². The van der Waals surface area contributed by atoms with Gasteiger partial charge in [0.15, 0.2) is 11.5 Å². The third kappa shape index (κ3) is 3.19. The zero-order chi connectivity index (χ0) is 17.1. The molecule has 24 heavy (non-hydrogen) atoms. The van der Waals surface area contributed by atoms with Gasteiger partial charge in [-0.15, -0.1) is 0 Å². The molecule has 0 aliphatic carbocycles. The van der Waals surface area contributed by atoms with Gasteiger partial charge in [0.2, 0.25) is 0 Å². The molecule has 1 aromatic carbocycles. The molecule has 3 rings (SSSR count). The van der Waals surface area contributed by atoms with Crippen molar-refractivity contribution in [1.29, 1.82) is 0 Å². The number of hydrogen-bond acceptors (Lipinski definition) is 6. The Kier molecular flexibility index (Phi) is 4.66. The number of aliphatic hydroxyl groups excluding tert-OH is 1. The fourth-order valence-electron chi connectivity index (χ4n) is 2.51. The lowest BCUT2D eigenvalue weighted by molar-refractivity contribution is 0.171. The van der Waals surface area contributed by atoms with Crippen molar-refractivity contribution in [2.75, 3.05) is 13.2 Å². The number of nitrogens with zero attached hydrogens (tertiary/aromatic N) is 2. The highest BCUT2D eigenvalue weighted by Crippen LogP contribution is 2.33. The van der Waals surface area contributed by atoms with Crippen molar-refractivity contribution >= 4 is 6.21 Å². The van der Waals surface area contributed by atoms with Crippen LogP contribution in [0.4, 0.5) is 0 Å². The minimum absolute atomic E-state index is 0.0414. The molecule has 0 saturated heterocycles. The van der Waals surface area contributed by atoms with Crippen molar-refractivity contribution < 1.29 is 19.7 Å². The van der Waals surface area contributed by atoms with E-state index in [1.165, 1.54) is 0 Å². The van der Waals surface area contributed by atoms with Crippen LogP contribution in [0.25, 0.3) is 0 Å². The van der Waals surface area contributed by atoms with Crippen molar-refractivity contribution in [2.24, 2.45) is 4.99 Å². The summed E-state index contributed by atoms with van der Waals surface area (Å²) in [5, 5.41) is 19.6. The Morgan fingerprint density at radius 2 is 2.04 bits per heavy atom. The van der Waals surface area contributed by atoms with Crippen molar-refractivity contribution in [1.82, 2.24) is 4.98 Å². The number of aromatic nitrogens is 1. The van der Waals surface area contributed by atoms with E-state index in [2.05, 4.69) is 9.98 Å². The summed E-state index contributed by atoms with van der Waals surface area (Å²) in [4.78, 5) is 8.55. The maximum absolute atomic E-state index is 10.1. The normalized spacial score (nSPS) is 14.8. The molecule has 0 bridgehead atoms. The Morgan fingerprint density at radius 1 is 1.29 bits per heavy atom. The predicted molar refractivity (Wildman–Crippen MR) is 90.0 cm³/mol. The van der Waals surface area contributed by atoms with Gasteiger partial charge >= 0.3 is 0 Å². The van der Waals surface area contributed by atoms with Gasteiger partial charge in [-0.25, -0.2) is 0 Å². The first-order valence-corrected chi connectivity index (χ1v) is 7.81. The summed E-state index contributed by atoms with van der Waals surface area (Å²) in [6.45, 7) is 4.55. The molecule has 0 radical (unpaired) electrons. The molecule has 1 aliphatic heterocycles. The molecule has 0 saturated carbocycles. The highest BCUT2D eigenvalue weighted by Gasteiger charge is 2.14. The van der Waals surface area contributed by atoms with Crippen LogP contribution < -0.4 is 9.47 Å². The second kappa shape index (κ2) is 6.88. The molecular weight excluding hydrogens is 308 g/mol. The van der Waals surface area contributed by atoms with Crippen LogP contribution >= 0.6 is 0 Å². The molecule has 6 heteroatoms. The largest absolute Gasteiger partial charge is 0.505 e. The number of aromatic hydroxyl groups is 1. The Hall–Kier alpha value is -2.60. The number of aliphatic imine (C=N–C) groups is 1. The number of rotatable bonds is 4. The van der Waals surface area contributed by atoms with E-state index < -0.39 is 0 Å². The minimum Gasteiger partial charge on any atom is -0.505 e. The summed E-state index contributed by atoms with van der Waals surface area (Å²) >= 11 is 0. The summed E-state index contributed by atoms with van der Waals surface area (Å²) in [5.41, 5.74) is 2.51. The van der Waals surface area contributed by atoms with Gasteiger partial charge in [-0.05, 0) is 31.5 Å². The average molecular weight is 328 g/mol. The predicted octanol–water partition coefficient (Wildman–Crippen LogP) is 2.54. The van der Waals surface area contributed by atoms with Crippen LogP contribution in [0, 0.1) is 6.92 Å². The first kappa shape index (κ1) is 16.3. The van der Waals surface area contributed by atoms with Crippen LogP contribution in [0.5, 0.6) is 17.2 Å². The zero-order valence-electron chi connectivity index (χ0n) is 13.7. The second-order valence-electron chi connectivity index (χ2n) is 5.65. The van der Waals surface area contributed by atoms with Gasteiger partial charge in [-0.1, -0.05) is 6.07 Å². The minimum atomic E-state index is -0.208. The van der Waals surface area contributed by atoms with Gasteiger partial charge in [-0.2, -0.15) is 0 Å². The third-order valence-corrected chi connectivity index (χ3v) is 4.00. The lowest BCUT2D eigenvalue weighted by Gasteiger charge is -2.19. The van der Waals surface area contributed by atoms with E-state index >= 15 is 0 Å². The third-order valence-electron chi connectivity index (χ3n) is 4.00. The molecule has 2 heterocycles. The molecule has 6 nitrogen and oxygen atoms in total. The lowest BCUT2D eigenvalue weighted by Crippen LogP contribution is -2.15. The lowest BCUT2D eigenvalue weighted by atomic mass is 10.1. The maximum atomic E-state index is 10.1. The van der Waals surface area contributed by atoms with Gasteiger partial charge < -0.3 is 19.7 Å². The van der Waals surface area contributed by atoms with E-state index in [1.807, 2.05) is 25.1 Å². The molecule has 2 N–H and O–H groups in total. The number of pyridine rings is 1. The van der Waals surface area contributed by atoms with E-state index in [4.69, 9.17) is 9.47 Å². The topological polar surface area (TPSA) is 84.2 Å². The van der Waals surface area contributed by atoms with Crippen LogP contribution in [-0.2, 0) is 6.61 Å². The Labute approximate surface area is 140 Å².